The van der Waals surface area contributed by atoms with Gasteiger partial charge in [-0.05, 0) is 38.5 Å². The summed E-state index contributed by atoms with van der Waals surface area (Å²) in [5.41, 5.74) is 4.49. The Hall–Kier alpha value is -2.30. The first-order chi connectivity index (χ1) is 9.52. The van der Waals surface area contributed by atoms with E-state index in [9.17, 15) is 4.79 Å². The Morgan fingerprint density at radius 2 is 1.95 bits per heavy atom. The lowest BCUT2D eigenvalue weighted by Crippen LogP contribution is -2.03. The number of carboxylic acids is 1. The predicted molar refractivity (Wildman–Crippen MR) is 78.1 cm³/mol. The molecule has 0 saturated heterocycles. The second kappa shape index (κ2) is 5.77. The number of hydrogen-bond acceptors (Lipinski definition) is 3. The average Bonchev–Trinajstić information content (AvgIpc) is 2.71. The lowest BCUT2D eigenvalue weighted by molar-refractivity contribution is 0.0697. The molecule has 106 valence electrons. The van der Waals surface area contributed by atoms with Crippen LogP contribution in [0.15, 0.2) is 24.3 Å². The minimum Gasteiger partial charge on any atom is -0.478 e. The molecule has 0 aliphatic carbocycles. The van der Waals surface area contributed by atoms with E-state index in [4.69, 9.17) is 5.11 Å². The normalized spacial score (nSPS) is 10.6. The van der Waals surface area contributed by atoms with Gasteiger partial charge < -0.3 is 10.4 Å². The molecule has 2 aromatic rings. The van der Waals surface area contributed by atoms with E-state index in [1.807, 2.05) is 30.7 Å². The van der Waals surface area contributed by atoms with Crippen molar-refractivity contribution in [3.8, 4) is 0 Å². The number of benzene rings is 1. The number of nitrogens with one attached hydrogen (secondary N) is 1. The Morgan fingerprint density at radius 1 is 1.30 bits per heavy atom. The van der Waals surface area contributed by atoms with E-state index in [-0.39, 0.29) is 0 Å². The van der Waals surface area contributed by atoms with E-state index < -0.39 is 5.97 Å². The zero-order chi connectivity index (χ0) is 14.7. The molecule has 1 aromatic carbocycles. The summed E-state index contributed by atoms with van der Waals surface area (Å²) in [6, 6.07) is 6.89. The lowest BCUT2D eigenvalue weighted by atomic mass is 10.1. The van der Waals surface area contributed by atoms with Crippen LogP contribution in [0, 0.1) is 13.8 Å². The molecule has 0 atom stereocenters. The number of anilines is 1. The van der Waals surface area contributed by atoms with Crippen molar-refractivity contribution in [1.82, 2.24) is 9.78 Å². The summed E-state index contributed by atoms with van der Waals surface area (Å²) in [6.07, 6.45) is 0. The van der Waals surface area contributed by atoms with Gasteiger partial charge in [-0.3, -0.25) is 4.68 Å². The van der Waals surface area contributed by atoms with Crippen LogP contribution in [-0.2, 0) is 13.1 Å². The highest BCUT2D eigenvalue weighted by atomic mass is 16.4. The molecule has 0 fully saturated rings. The molecular formula is C15H19N3O2. The maximum absolute atomic E-state index is 10.8. The monoisotopic (exact) mass is 273 g/mol. The molecule has 0 spiro atoms. The minimum atomic E-state index is -0.902. The molecule has 0 radical (unpaired) electrons. The Labute approximate surface area is 118 Å². The van der Waals surface area contributed by atoms with Crippen LogP contribution >= 0.6 is 0 Å². The van der Waals surface area contributed by atoms with E-state index in [1.54, 1.807) is 12.1 Å². The van der Waals surface area contributed by atoms with E-state index in [0.29, 0.717) is 12.1 Å². The van der Waals surface area contributed by atoms with Crippen LogP contribution in [0.1, 0.15) is 34.2 Å². The largest absolute Gasteiger partial charge is 0.478 e. The SMILES string of the molecule is CCn1nc(C)c(NCc2ccc(C(=O)O)cc2)c1C. The highest BCUT2D eigenvalue weighted by molar-refractivity contribution is 5.87. The highest BCUT2D eigenvalue weighted by Gasteiger charge is 2.10. The van der Waals surface area contributed by atoms with Crippen LogP contribution in [0.3, 0.4) is 0 Å². The van der Waals surface area contributed by atoms with Crippen molar-refractivity contribution in [2.75, 3.05) is 5.32 Å². The maximum atomic E-state index is 10.8. The van der Waals surface area contributed by atoms with Crippen molar-refractivity contribution < 1.29 is 9.90 Å². The number of aromatic carboxylic acids is 1. The van der Waals surface area contributed by atoms with E-state index in [1.165, 1.54) is 0 Å². The van der Waals surface area contributed by atoms with Crippen LogP contribution in [0.2, 0.25) is 0 Å². The summed E-state index contributed by atoms with van der Waals surface area (Å²) in [5.74, 6) is -0.902. The molecule has 1 aromatic heterocycles. The zero-order valence-corrected chi connectivity index (χ0v) is 12.0. The second-order valence-corrected chi connectivity index (χ2v) is 4.72. The number of aromatic nitrogens is 2. The van der Waals surface area contributed by atoms with E-state index in [2.05, 4.69) is 17.3 Å². The molecule has 0 bridgehead atoms. The molecule has 5 nitrogen and oxygen atoms in total. The van der Waals surface area contributed by atoms with Crippen molar-refractivity contribution in [2.24, 2.45) is 0 Å². The van der Waals surface area contributed by atoms with Crippen LogP contribution in [0.25, 0.3) is 0 Å². The smallest absolute Gasteiger partial charge is 0.335 e. The molecule has 0 aliphatic heterocycles. The van der Waals surface area contributed by atoms with Crippen LogP contribution < -0.4 is 5.32 Å². The summed E-state index contributed by atoms with van der Waals surface area (Å²) < 4.78 is 1.96. The summed E-state index contributed by atoms with van der Waals surface area (Å²) in [6.45, 7) is 7.58. The third-order valence-electron chi connectivity index (χ3n) is 3.35. The van der Waals surface area contributed by atoms with Gasteiger partial charge in [0.1, 0.15) is 0 Å². The molecule has 20 heavy (non-hydrogen) atoms. The number of rotatable bonds is 5. The number of hydrogen-bond donors (Lipinski definition) is 2. The van der Waals surface area contributed by atoms with E-state index >= 15 is 0 Å². The van der Waals surface area contributed by atoms with Crippen molar-refractivity contribution >= 4 is 11.7 Å². The van der Waals surface area contributed by atoms with Crippen molar-refractivity contribution in [1.29, 1.82) is 0 Å². The van der Waals surface area contributed by atoms with Crippen LogP contribution in [-0.4, -0.2) is 20.9 Å². The number of aryl methyl sites for hydroxylation is 2. The molecule has 2 rings (SSSR count). The first kappa shape index (κ1) is 14.1. The van der Waals surface area contributed by atoms with Crippen molar-refractivity contribution in [3.05, 3.63) is 46.8 Å². The van der Waals surface area contributed by atoms with Gasteiger partial charge in [0.25, 0.3) is 0 Å². The average molecular weight is 273 g/mol. The third kappa shape index (κ3) is 2.82. The first-order valence-corrected chi connectivity index (χ1v) is 6.63. The fourth-order valence-corrected chi connectivity index (χ4v) is 2.22. The predicted octanol–water partition coefficient (Wildman–Crippen LogP) is 2.83. The molecule has 5 heteroatoms. The van der Waals surface area contributed by atoms with Gasteiger partial charge in [0.05, 0.1) is 22.6 Å². The fraction of sp³-hybridized carbons (Fsp3) is 0.333. The Kier molecular flexibility index (Phi) is 4.08. The van der Waals surface area contributed by atoms with Gasteiger partial charge in [-0.1, -0.05) is 12.1 Å². The van der Waals surface area contributed by atoms with Gasteiger partial charge in [-0.2, -0.15) is 5.10 Å². The third-order valence-corrected chi connectivity index (χ3v) is 3.35. The second-order valence-electron chi connectivity index (χ2n) is 4.72. The number of carboxylic acid groups (broad SMARTS) is 1. The van der Waals surface area contributed by atoms with Gasteiger partial charge in [-0.15, -0.1) is 0 Å². The Bertz CT molecular complexity index is 615. The molecule has 0 aliphatic rings. The standard InChI is InChI=1S/C15H19N3O2/c1-4-18-11(3)14(10(2)17-18)16-9-12-5-7-13(8-6-12)15(19)20/h5-8,16H,4,9H2,1-3H3,(H,19,20). The van der Waals surface area contributed by atoms with Crippen molar-refractivity contribution in [3.63, 3.8) is 0 Å². The van der Waals surface area contributed by atoms with Crippen molar-refractivity contribution in [2.45, 2.75) is 33.9 Å². The van der Waals surface area contributed by atoms with E-state index in [0.717, 1.165) is 29.2 Å². The summed E-state index contributed by atoms with van der Waals surface area (Å²) in [7, 11) is 0. The first-order valence-electron chi connectivity index (χ1n) is 6.63. The maximum Gasteiger partial charge on any atom is 0.335 e. The summed E-state index contributed by atoms with van der Waals surface area (Å²) in [4.78, 5) is 10.8. The quantitative estimate of drug-likeness (QED) is 0.879. The Balaban J connectivity index is 2.09. The van der Waals surface area contributed by atoms with Gasteiger partial charge >= 0.3 is 5.97 Å². The van der Waals surface area contributed by atoms with Crippen LogP contribution in [0.5, 0.6) is 0 Å². The molecular weight excluding hydrogens is 254 g/mol. The highest BCUT2D eigenvalue weighted by Crippen LogP contribution is 2.20. The van der Waals surface area contributed by atoms with Gasteiger partial charge in [-0.25, -0.2) is 4.79 Å². The molecule has 0 saturated carbocycles. The van der Waals surface area contributed by atoms with Crippen LogP contribution in [0.4, 0.5) is 5.69 Å². The van der Waals surface area contributed by atoms with Gasteiger partial charge in [0, 0.05) is 13.1 Å². The summed E-state index contributed by atoms with van der Waals surface area (Å²) >= 11 is 0. The zero-order valence-electron chi connectivity index (χ0n) is 12.0. The van der Waals surface area contributed by atoms with Gasteiger partial charge in [0.15, 0.2) is 0 Å². The minimum absolute atomic E-state index is 0.305. The Morgan fingerprint density at radius 3 is 2.45 bits per heavy atom. The lowest BCUT2D eigenvalue weighted by Gasteiger charge is -2.07. The molecule has 2 N–H and O–H groups in total. The molecule has 1 heterocycles. The van der Waals surface area contributed by atoms with Gasteiger partial charge in [0.2, 0.25) is 0 Å². The molecule has 0 unspecified atom stereocenters. The fourth-order valence-electron chi connectivity index (χ4n) is 2.22. The summed E-state index contributed by atoms with van der Waals surface area (Å²) in [5, 5.41) is 16.7. The number of carbonyl (C=O) groups is 1. The number of nitrogens with zero attached hydrogens (tertiary/aromatic N) is 2. The topological polar surface area (TPSA) is 67.2 Å². The molecule has 0 amide bonds.